The Hall–Kier alpha value is -1.22. The maximum absolute atomic E-state index is 6.00. The van der Waals surface area contributed by atoms with Crippen molar-refractivity contribution >= 4 is 0 Å². The van der Waals surface area contributed by atoms with E-state index >= 15 is 0 Å². The van der Waals surface area contributed by atoms with Crippen molar-refractivity contribution in [1.82, 2.24) is 5.32 Å². The van der Waals surface area contributed by atoms with Gasteiger partial charge in [0.15, 0.2) is 11.5 Å². The summed E-state index contributed by atoms with van der Waals surface area (Å²) in [4.78, 5) is 0. The third kappa shape index (κ3) is 5.83. The molecule has 1 rings (SSSR count). The summed E-state index contributed by atoms with van der Waals surface area (Å²) in [6.45, 7) is 12.9. The van der Waals surface area contributed by atoms with E-state index in [9.17, 15) is 0 Å². The van der Waals surface area contributed by atoms with Gasteiger partial charge in [-0.05, 0) is 25.3 Å². The number of ether oxygens (including phenoxy) is 2. The first kappa shape index (κ1) is 16.8. The summed E-state index contributed by atoms with van der Waals surface area (Å²) in [7, 11) is 0. The first-order valence-corrected chi connectivity index (χ1v) is 7.65. The Bertz CT molecular complexity index is 389. The molecular formula is C17H29NO2. The largest absolute Gasteiger partial charge is 0.490 e. The van der Waals surface area contributed by atoms with E-state index in [1.807, 2.05) is 19.1 Å². The van der Waals surface area contributed by atoms with Crippen LogP contribution in [0, 0.1) is 5.92 Å². The highest BCUT2D eigenvalue weighted by molar-refractivity contribution is 5.46. The molecule has 0 saturated heterocycles. The van der Waals surface area contributed by atoms with Crippen LogP contribution in [0.2, 0.25) is 0 Å². The minimum atomic E-state index is 0.453. The molecule has 0 aliphatic carbocycles. The van der Waals surface area contributed by atoms with E-state index in [4.69, 9.17) is 9.47 Å². The Balaban J connectivity index is 2.81. The van der Waals surface area contributed by atoms with Gasteiger partial charge in [0.2, 0.25) is 0 Å². The molecule has 0 spiro atoms. The lowest BCUT2D eigenvalue weighted by molar-refractivity contribution is 0.258. The summed E-state index contributed by atoms with van der Waals surface area (Å²) in [5.41, 5.74) is 1.16. The van der Waals surface area contributed by atoms with Crippen molar-refractivity contribution in [3.8, 4) is 11.5 Å². The van der Waals surface area contributed by atoms with Crippen molar-refractivity contribution in [3.05, 3.63) is 23.8 Å². The molecule has 1 aromatic carbocycles. The lowest BCUT2D eigenvalue weighted by atomic mass is 10.1. The number of nitrogens with one attached hydrogen (secondary N) is 1. The van der Waals surface area contributed by atoms with E-state index in [-0.39, 0.29) is 0 Å². The van der Waals surface area contributed by atoms with Crippen LogP contribution < -0.4 is 14.8 Å². The van der Waals surface area contributed by atoms with Gasteiger partial charge in [0.1, 0.15) is 0 Å². The average Bonchev–Trinajstić information content (AvgIpc) is 2.38. The van der Waals surface area contributed by atoms with E-state index < -0.39 is 0 Å². The SMILES string of the molecule is CCOc1cccc(CNC(C)C)c1OCCC(C)C. The van der Waals surface area contributed by atoms with E-state index in [2.05, 4.69) is 39.1 Å². The van der Waals surface area contributed by atoms with Crippen molar-refractivity contribution in [2.24, 2.45) is 5.92 Å². The quantitative estimate of drug-likeness (QED) is 0.741. The zero-order valence-corrected chi connectivity index (χ0v) is 13.5. The molecule has 1 N–H and O–H groups in total. The van der Waals surface area contributed by atoms with Gasteiger partial charge in [-0.2, -0.15) is 0 Å². The molecule has 0 saturated carbocycles. The number of hydrogen-bond acceptors (Lipinski definition) is 3. The number of rotatable bonds is 9. The standard InChI is InChI=1S/C17H29NO2/c1-6-19-16-9-7-8-15(12-18-14(4)5)17(16)20-11-10-13(2)3/h7-9,13-14,18H,6,10-12H2,1-5H3. The van der Waals surface area contributed by atoms with E-state index in [0.717, 1.165) is 36.6 Å². The first-order chi connectivity index (χ1) is 9.54. The van der Waals surface area contributed by atoms with Crippen molar-refractivity contribution < 1.29 is 9.47 Å². The summed E-state index contributed by atoms with van der Waals surface area (Å²) in [6, 6.07) is 6.56. The van der Waals surface area contributed by atoms with E-state index in [0.29, 0.717) is 18.6 Å². The molecule has 0 aliphatic rings. The predicted molar refractivity (Wildman–Crippen MR) is 84.5 cm³/mol. The lowest BCUT2D eigenvalue weighted by Crippen LogP contribution is -2.22. The molecule has 3 heteroatoms. The highest BCUT2D eigenvalue weighted by Crippen LogP contribution is 2.31. The van der Waals surface area contributed by atoms with Crippen LogP contribution in [0.3, 0.4) is 0 Å². The second kappa shape index (κ2) is 8.85. The number of hydrogen-bond donors (Lipinski definition) is 1. The molecule has 0 unspecified atom stereocenters. The van der Waals surface area contributed by atoms with Crippen LogP contribution in [-0.4, -0.2) is 19.3 Å². The Labute approximate surface area is 123 Å². The first-order valence-electron chi connectivity index (χ1n) is 7.65. The molecule has 0 bridgehead atoms. The van der Waals surface area contributed by atoms with Gasteiger partial charge < -0.3 is 14.8 Å². The summed E-state index contributed by atoms with van der Waals surface area (Å²) in [5, 5.41) is 3.44. The fourth-order valence-electron chi connectivity index (χ4n) is 1.84. The Kier molecular flexibility index (Phi) is 7.45. The average molecular weight is 279 g/mol. The van der Waals surface area contributed by atoms with Crippen molar-refractivity contribution in [2.75, 3.05) is 13.2 Å². The van der Waals surface area contributed by atoms with Gasteiger partial charge in [-0.25, -0.2) is 0 Å². The molecular weight excluding hydrogens is 250 g/mol. The van der Waals surface area contributed by atoms with Gasteiger partial charge in [-0.1, -0.05) is 39.8 Å². The van der Waals surface area contributed by atoms with Crippen LogP contribution in [0.5, 0.6) is 11.5 Å². The molecule has 0 aliphatic heterocycles. The molecule has 0 fully saturated rings. The van der Waals surface area contributed by atoms with Crippen LogP contribution in [-0.2, 0) is 6.54 Å². The molecule has 114 valence electrons. The van der Waals surface area contributed by atoms with Crippen molar-refractivity contribution in [3.63, 3.8) is 0 Å². The molecule has 0 aromatic heterocycles. The van der Waals surface area contributed by atoms with Crippen LogP contribution in [0.25, 0.3) is 0 Å². The van der Waals surface area contributed by atoms with E-state index in [1.165, 1.54) is 0 Å². The Morgan fingerprint density at radius 1 is 1.10 bits per heavy atom. The minimum absolute atomic E-state index is 0.453. The van der Waals surface area contributed by atoms with Gasteiger partial charge >= 0.3 is 0 Å². The molecule has 0 atom stereocenters. The maximum atomic E-state index is 6.00. The Morgan fingerprint density at radius 3 is 2.45 bits per heavy atom. The molecule has 20 heavy (non-hydrogen) atoms. The molecule has 1 aromatic rings. The predicted octanol–water partition coefficient (Wildman–Crippen LogP) is 4.01. The zero-order chi connectivity index (χ0) is 15.0. The van der Waals surface area contributed by atoms with Gasteiger partial charge in [0.25, 0.3) is 0 Å². The fourth-order valence-corrected chi connectivity index (χ4v) is 1.84. The van der Waals surface area contributed by atoms with Crippen LogP contribution in [0.4, 0.5) is 0 Å². The van der Waals surface area contributed by atoms with Gasteiger partial charge in [0.05, 0.1) is 13.2 Å². The van der Waals surface area contributed by atoms with Crippen molar-refractivity contribution in [1.29, 1.82) is 0 Å². The Morgan fingerprint density at radius 2 is 1.85 bits per heavy atom. The summed E-state index contributed by atoms with van der Waals surface area (Å²) >= 11 is 0. The van der Waals surface area contributed by atoms with E-state index in [1.54, 1.807) is 0 Å². The minimum Gasteiger partial charge on any atom is -0.490 e. The fraction of sp³-hybridized carbons (Fsp3) is 0.647. The maximum Gasteiger partial charge on any atom is 0.165 e. The third-order valence-corrected chi connectivity index (χ3v) is 3.00. The molecule has 0 amide bonds. The summed E-state index contributed by atoms with van der Waals surface area (Å²) < 4.78 is 11.7. The lowest BCUT2D eigenvalue weighted by Gasteiger charge is -2.17. The normalized spacial score (nSPS) is 11.2. The second-order valence-electron chi connectivity index (χ2n) is 5.74. The van der Waals surface area contributed by atoms with Gasteiger partial charge in [-0.15, -0.1) is 0 Å². The summed E-state index contributed by atoms with van der Waals surface area (Å²) in [5.74, 6) is 2.38. The molecule has 0 heterocycles. The zero-order valence-electron chi connectivity index (χ0n) is 13.5. The van der Waals surface area contributed by atoms with Crippen molar-refractivity contribution in [2.45, 2.75) is 53.6 Å². The number of para-hydroxylation sites is 1. The second-order valence-corrected chi connectivity index (χ2v) is 5.74. The smallest absolute Gasteiger partial charge is 0.165 e. The highest BCUT2D eigenvalue weighted by Gasteiger charge is 2.11. The summed E-state index contributed by atoms with van der Waals surface area (Å²) in [6.07, 6.45) is 1.05. The topological polar surface area (TPSA) is 30.5 Å². The molecule has 3 nitrogen and oxygen atoms in total. The highest BCUT2D eigenvalue weighted by atomic mass is 16.5. The third-order valence-electron chi connectivity index (χ3n) is 3.00. The van der Waals surface area contributed by atoms with Gasteiger partial charge in [-0.3, -0.25) is 0 Å². The van der Waals surface area contributed by atoms with Gasteiger partial charge in [0, 0.05) is 18.2 Å². The van der Waals surface area contributed by atoms with Crippen LogP contribution in [0.1, 0.15) is 46.6 Å². The van der Waals surface area contributed by atoms with Crippen LogP contribution in [0.15, 0.2) is 18.2 Å². The number of benzene rings is 1. The molecule has 0 radical (unpaired) electrons. The van der Waals surface area contributed by atoms with Crippen LogP contribution >= 0.6 is 0 Å². The monoisotopic (exact) mass is 279 g/mol.